The zero-order valence-corrected chi connectivity index (χ0v) is 15.1. The highest BCUT2D eigenvalue weighted by atomic mass is 35.5. The molecule has 1 aromatic rings. The van der Waals surface area contributed by atoms with Crippen LogP contribution in [-0.2, 0) is 12.8 Å². The molecule has 0 saturated heterocycles. The molecule has 0 radical (unpaired) electrons. The Balaban J connectivity index is 0.00000135. The molecular weight excluding hydrogens is 304 g/mol. The zero-order valence-electron chi connectivity index (χ0n) is 14.2. The molecule has 4 bridgehead atoms. The first kappa shape index (κ1) is 15.7. The van der Waals surface area contributed by atoms with Gasteiger partial charge in [0.25, 0.3) is 0 Å². The number of H-pyrrole nitrogens is 1. The molecule has 5 aliphatic rings. The standard InChI is InChI=1S/C20H28N2.ClH/c1-13-17-4-2-3-5-18(17)19(22-13)12-21-20-9-14-6-15(10-20)8-16(7-14)11-20;/h12,14-16,22H,2-11H2,1H3;1H. The van der Waals surface area contributed by atoms with Crippen molar-refractivity contribution in [1.29, 1.82) is 0 Å². The molecule has 0 aliphatic heterocycles. The Kier molecular flexibility index (Phi) is 3.87. The molecule has 4 saturated carbocycles. The predicted octanol–water partition coefficient (Wildman–Crippen LogP) is 5.01. The van der Waals surface area contributed by atoms with Crippen LogP contribution in [0.15, 0.2) is 4.99 Å². The normalized spacial score (nSPS) is 37.9. The van der Waals surface area contributed by atoms with Crippen LogP contribution < -0.4 is 0 Å². The summed E-state index contributed by atoms with van der Waals surface area (Å²) >= 11 is 0. The molecule has 3 heteroatoms. The third kappa shape index (κ3) is 2.58. The van der Waals surface area contributed by atoms with E-state index in [-0.39, 0.29) is 12.4 Å². The lowest BCUT2D eigenvalue weighted by Crippen LogP contribution is -2.49. The van der Waals surface area contributed by atoms with E-state index in [1.54, 1.807) is 11.1 Å². The molecule has 1 aromatic heterocycles. The summed E-state index contributed by atoms with van der Waals surface area (Å²) in [4.78, 5) is 8.89. The van der Waals surface area contributed by atoms with Gasteiger partial charge >= 0.3 is 0 Å². The fraction of sp³-hybridized carbons (Fsp3) is 0.750. The van der Waals surface area contributed by atoms with Crippen molar-refractivity contribution in [2.45, 2.75) is 76.7 Å². The molecule has 1 N–H and O–H groups in total. The van der Waals surface area contributed by atoms with Crippen LogP contribution in [0.2, 0.25) is 0 Å². The summed E-state index contributed by atoms with van der Waals surface area (Å²) in [5.74, 6) is 2.97. The number of nitrogens with one attached hydrogen (secondary N) is 1. The fourth-order valence-electron chi connectivity index (χ4n) is 6.50. The Morgan fingerprint density at radius 1 is 0.957 bits per heavy atom. The summed E-state index contributed by atoms with van der Waals surface area (Å²) in [5.41, 5.74) is 6.22. The van der Waals surface area contributed by atoms with Crippen LogP contribution >= 0.6 is 12.4 Å². The van der Waals surface area contributed by atoms with E-state index in [4.69, 9.17) is 4.99 Å². The number of aromatic amines is 1. The molecule has 1 heterocycles. The second kappa shape index (κ2) is 5.65. The highest BCUT2D eigenvalue weighted by Crippen LogP contribution is 2.57. The topological polar surface area (TPSA) is 28.1 Å². The minimum Gasteiger partial charge on any atom is -0.357 e. The lowest BCUT2D eigenvalue weighted by molar-refractivity contribution is 0.00194. The SMILES string of the molecule is Cc1[nH]c(C=NC23CC4CC(CC(C4)C2)C3)c2c1CCCC2.Cl. The van der Waals surface area contributed by atoms with Crippen LogP contribution in [0.4, 0.5) is 0 Å². The van der Waals surface area contributed by atoms with E-state index < -0.39 is 0 Å². The van der Waals surface area contributed by atoms with Crippen LogP contribution in [0.5, 0.6) is 0 Å². The van der Waals surface area contributed by atoms with Crippen molar-refractivity contribution in [3.8, 4) is 0 Å². The average Bonchev–Trinajstić information content (AvgIpc) is 2.81. The van der Waals surface area contributed by atoms with E-state index in [2.05, 4.69) is 18.1 Å². The van der Waals surface area contributed by atoms with Crippen LogP contribution in [-0.4, -0.2) is 16.7 Å². The van der Waals surface area contributed by atoms with Crippen LogP contribution in [0.25, 0.3) is 0 Å². The molecule has 2 nitrogen and oxygen atoms in total. The lowest BCUT2D eigenvalue weighted by Gasteiger charge is -2.54. The van der Waals surface area contributed by atoms with Gasteiger partial charge in [-0.1, -0.05) is 0 Å². The Bertz CT molecular complexity index is 593. The van der Waals surface area contributed by atoms with Gasteiger partial charge in [0.1, 0.15) is 0 Å². The van der Waals surface area contributed by atoms with E-state index >= 15 is 0 Å². The Labute approximate surface area is 146 Å². The van der Waals surface area contributed by atoms with E-state index in [9.17, 15) is 0 Å². The molecule has 23 heavy (non-hydrogen) atoms. The summed E-state index contributed by atoms with van der Waals surface area (Å²) in [7, 11) is 0. The van der Waals surface area contributed by atoms with Gasteiger partial charge in [0, 0.05) is 11.9 Å². The molecule has 0 amide bonds. The maximum atomic E-state index is 5.25. The van der Waals surface area contributed by atoms with Gasteiger partial charge in [0.05, 0.1) is 11.2 Å². The lowest BCUT2D eigenvalue weighted by atomic mass is 9.53. The zero-order chi connectivity index (χ0) is 14.7. The van der Waals surface area contributed by atoms with Gasteiger partial charge in [-0.15, -0.1) is 12.4 Å². The molecular formula is C20H29ClN2. The number of fused-ring (bicyclic) bond motifs is 1. The van der Waals surface area contributed by atoms with Crippen molar-refractivity contribution in [1.82, 2.24) is 4.98 Å². The Hall–Kier alpha value is -0.760. The number of hydrogen-bond acceptors (Lipinski definition) is 1. The molecule has 5 aliphatic carbocycles. The second-order valence-electron chi connectivity index (χ2n) is 8.73. The van der Waals surface area contributed by atoms with Crippen molar-refractivity contribution >= 4 is 18.6 Å². The minimum atomic E-state index is 0. The monoisotopic (exact) mass is 332 g/mol. The number of rotatable bonds is 2. The molecule has 4 fully saturated rings. The van der Waals surface area contributed by atoms with E-state index in [1.807, 2.05) is 0 Å². The van der Waals surface area contributed by atoms with Gasteiger partial charge in [0.15, 0.2) is 0 Å². The molecule has 0 aromatic carbocycles. The maximum absolute atomic E-state index is 5.25. The van der Waals surface area contributed by atoms with Gasteiger partial charge in [-0.2, -0.15) is 0 Å². The van der Waals surface area contributed by atoms with Crippen molar-refractivity contribution in [3.05, 3.63) is 22.5 Å². The van der Waals surface area contributed by atoms with E-state index in [1.165, 1.54) is 75.6 Å². The summed E-state index contributed by atoms with van der Waals surface area (Å²) in [6.45, 7) is 2.24. The first-order valence-electron chi connectivity index (χ1n) is 9.46. The number of aromatic nitrogens is 1. The quantitative estimate of drug-likeness (QED) is 0.737. The van der Waals surface area contributed by atoms with Crippen LogP contribution in [0, 0.1) is 24.7 Å². The maximum Gasteiger partial charge on any atom is 0.0617 e. The predicted molar refractivity (Wildman–Crippen MR) is 97.9 cm³/mol. The van der Waals surface area contributed by atoms with Gasteiger partial charge in [-0.05, 0) is 100 Å². The van der Waals surface area contributed by atoms with Crippen molar-refractivity contribution < 1.29 is 0 Å². The number of nitrogens with zero attached hydrogens (tertiary/aromatic N) is 1. The summed E-state index contributed by atoms with van der Waals surface area (Å²) in [5, 5.41) is 0. The number of halogens is 1. The van der Waals surface area contributed by atoms with Crippen LogP contribution in [0.1, 0.15) is 73.9 Å². The third-order valence-corrected chi connectivity index (χ3v) is 7.04. The third-order valence-electron chi connectivity index (χ3n) is 7.04. The van der Waals surface area contributed by atoms with E-state index in [0.717, 1.165) is 17.8 Å². The fourth-order valence-corrected chi connectivity index (χ4v) is 6.50. The van der Waals surface area contributed by atoms with Crippen molar-refractivity contribution in [2.24, 2.45) is 22.7 Å². The minimum absolute atomic E-state index is 0. The molecule has 0 atom stereocenters. The molecule has 0 spiro atoms. The smallest absolute Gasteiger partial charge is 0.0617 e. The molecule has 6 rings (SSSR count). The van der Waals surface area contributed by atoms with Gasteiger partial charge in [0.2, 0.25) is 0 Å². The van der Waals surface area contributed by atoms with Crippen molar-refractivity contribution in [3.63, 3.8) is 0 Å². The van der Waals surface area contributed by atoms with Crippen molar-refractivity contribution in [2.75, 3.05) is 0 Å². The number of aliphatic imine (C=N–C) groups is 1. The number of aryl methyl sites for hydroxylation is 1. The van der Waals surface area contributed by atoms with Gasteiger partial charge in [-0.25, -0.2) is 0 Å². The second-order valence-corrected chi connectivity index (χ2v) is 8.73. The first-order chi connectivity index (χ1) is 10.7. The first-order valence-corrected chi connectivity index (χ1v) is 9.46. The summed E-state index contributed by atoms with van der Waals surface area (Å²) < 4.78 is 0. The largest absolute Gasteiger partial charge is 0.357 e. The van der Waals surface area contributed by atoms with Gasteiger partial charge < -0.3 is 4.98 Å². The molecule has 0 unspecified atom stereocenters. The number of hydrogen-bond donors (Lipinski definition) is 1. The van der Waals surface area contributed by atoms with Crippen LogP contribution in [0.3, 0.4) is 0 Å². The highest BCUT2D eigenvalue weighted by Gasteiger charge is 2.50. The summed E-state index contributed by atoms with van der Waals surface area (Å²) in [6.07, 6.45) is 16.1. The summed E-state index contributed by atoms with van der Waals surface area (Å²) in [6, 6.07) is 0. The highest BCUT2D eigenvalue weighted by molar-refractivity contribution is 5.85. The molecule has 126 valence electrons. The Morgan fingerprint density at radius 3 is 2.13 bits per heavy atom. The van der Waals surface area contributed by atoms with E-state index in [0.29, 0.717) is 5.54 Å². The Morgan fingerprint density at radius 2 is 1.52 bits per heavy atom. The van der Waals surface area contributed by atoms with Gasteiger partial charge in [-0.3, -0.25) is 4.99 Å². The average molecular weight is 333 g/mol.